The highest BCUT2D eigenvalue weighted by atomic mass is 32.1. The smallest absolute Gasteiger partial charge is 0.367 e. The van der Waals surface area contributed by atoms with Crippen LogP contribution in [-0.2, 0) is 16.1 Å². The van der Waals surface area contributed by atoms with Crippen LogP contribution in [0.5, 0.6) is 0 Å². The van der Waals surface area contributed by atoms with Gasteiger partial charge in [0.05, 0.1) is 23.3 Å². The van der Waals surface area contributed by atoms with E-state index in [0.717, 1.165) is 22.3 Å². The van der Waals surface area contributed by atoms with Crippen LogP contribution in [0, 0.1) is 0 Å². The number of thiazole rings is 1. The summed E-state index contributed by atoms with van der Waals surface area (Å²) in [5, 5.41) is 6.67. The van der Waals surface area contributed by atoms with Gasteiger partial charge in [-0.25, -0.2) is 14.6 Å². The average molecular weight is 408 g/mol. The number of benzene rings is 2. The summed E-state index contributed by atoms with van der Waals surface area (Å²) in [6, 6.07) is 14.6. The van der Waals surface area contributed by atoms with Crippen LogP contribution >= 0.6 is 11.3 Å². The molecule has 0 atom stereocenters. The van der Waals surface area contributed by atoms with Gasteiger partial charge in [0.25, 0.3) is 0 Å². The van der Waals surface area contributed by atoms with E-state index < -0.39 is 11.9 Å². The standard InChI is InChI=1S/C21H16N2O5S/c1-2-26-21(25)19-22-15(12-29-19)11-27-20(24)14-8-9-17-16(10-14)18(28-23-17)13-6-4-3-5-7-13/h3-10,12H,2,11H2,1H3. The summed E-state index contributed by atoms with van der Waals surface area (Å²) >= 11 is 1.15. The molecule has 29 heavy (non-hydrogen) atoms. The molecule has 0 radical (unpaired) electrons. The van der Waals surface area contributed by atoms with Crippen molar-refractivity contribution in [3.63, 3.8) is 0 Å². The van der Waals surface area contributed by atoms with Crippen LogP contribution in [0.15, 0.2) is 58.4 Å². The van der Waals surface area contributed by atoms with Gasteiger partial charge in [0.15, 0.2) is 5.76 Å². The van der Waals surface area contributed by atoms with E-state index >= 15 is 0 Å². The number of rotatable bonds is 6. The van der Waals surface area contributed by atoms with Crippen molar-refractivity contribution >= 4 is 34.2 Å². The van der Waals surface area contributed by atoms with E-state index in [1.54, 1.807) is 30.5 Å². The highest BCUT2D eigenvalue weighted by molar-refractivity contribution is 7.11. The molecular weight excluding hydrogens is 392 g/mol. The van der Waals surface area contributed by atoms with E-state index in [9.17, 15) is 9.59 Å². The van der Waals surface area contributed by atoms with Crippen LogP contribution in [0.25, 0.3) is 22.2 Å². The first-order chi connectivity index (χ1) is 14.2. The van der Waals surface area contributed by atoms with Crippen LogP contribution in [0.2, 0.25) is 0 Å². The van der Waals surface area contributed by atoms with Crippen molar-refractivity contribution < 1.29 is 23.6 Å². The number of esters is 2. The third-order valence-corrected chi connectivity index (χ3v) is 4.97. The van der Waals surface area contributed by atoms with E-state index in [0.29, 0.717) is 22.5 Å². The molecule has 0 aliphatic rings. The molecule has 2 aromatic heterocycles. The van der Waals surface area contributed by atoms with E-state index in [1.165, 1.54) is 0 Å². The first-order valence-corrected chi connectivity index (χ1v) is 9.77. The van der Waals surface area contributed by atoms with Gasteiger partial charge in [-0.05, 0) is 25.1 Å². The highest BCUT2D eigenvalue weighted by Gasteiger charge is 2.16. The second kappa shape index (κ2) is 8.24. The molecule has 2 aromatic carbocycles. The van der Waals surface area contributed by atoms with E-state index in [-0.39, 0.29) is 18.2 Å². The highest BCUT2D eigenvalue weighted by Crippen LogP contribution is 2.29. The number of carbonyl (C=O) groups excluding carboxylic acids is 2. The number of hydrogen-bond donors (Lipinski definition) is 0. The maximum Gasteiger partial charge on any atom is 0.367 e. The summed E-state index contributed by atoms with van der Waals surface area (Å²) in [6.45, 7) is 1.96. The summed E-state index contributed by atoms with van der Waals surface area (Å²) in [5.74, 6) is -0.395. The molecule has 0 fully saturated rings. The molecule has 7 nitrogen and oxygen atoms in total. The third-order valence-electron chi connectivity index (χ3n) is 4.10. The lowest BCUT2D eigenvalue weighted by atomic mass is 10.1. The lowest BCUT2D eigenvalue weighted by Crippen LogP contribution is -2.07. The Hall–Kier alpha value is -3.52. The number of hydrogen-bond acceptors (Lipinski definition) is 8. The van der Waals surface area contributed by atoms with Crippen LogP contribution < -0.4 is 0 Å². The van der Waals surface area contributed by atoms with Gasteiger partial charge in [-0.3, -0.25) is 0 Å². The summed E-state index contributed by atoms with van der Waals surface area (Å²) in [4.78, 5) is 28.3. The zero-order valence-corrected chi connectivity index (χ0v) is 16.3. The quantitative estimate of drug-likeness (QED) is 0.434. The Morgan fingerprint density at radius 1 is 1.07 bits per heavy atom. The molecule has 0 N–H and O–H groups in total. The Balaban J connectivity index is 1.50. The Morgan fingerprint density at radius 2 is 1.90 bits per heavy atom. The summed E-state index contributed by atoms with van der Waals surface area (Å²) in [6.07, 6.45) is 0. The minimum atomic E-state index is -0.502. The Kier molecular flexibility index (Phi) is 5.35. The SMILES string of the molecule is CCOC(=O)c1nc(COC(=O)c2ccc3noc(-c4ccccc4)c3c2)cs1. The first kappa shape index (κ1) is 18.8. The van der Waals surface area contributed by atoms with E-state index in [1.807, 2.05) is 30.3 Å². The second-order valence-corrected chi connectivity index (χ2v) is 6.91. The van der Waals surface area contributed by atoms with Crippen molar-refractivity contribution in [1.29, 1.82) is 0 Å². The molecule has 0 saturated heterocycles. The lowest BCUT2D eigenvalue weighted by Gasteiger charge is -2.03. The minimum Gasteiger partial charge on any atom is -0.461 e. The predicted octanol–water partition coefficient (Wildman–Crippen LogP) is 4.49. The van der Waals surface area contributed by atoms with Crippen LogP contribution in [-0.4, -0.2) is 28.7 Å². The van der Waals surface area contributed by atoms with Crippen LogP contribution in [0.4, 0.5) is 0 Å². The molecule has 4 aromatic rings. The lowest BCUT2D eigenvalue weighted by molar-refractivity contribution is 0.0468. The molecule has 0 amide bonds. The zero-order valence-electron chi connectivity index (χ0n) is 15.5. The molecule has 0 spiro atoms. The van der Waals surface area contributed by atoms with Crippen molar-refractivity contribution in [1.82, 2.24) is 10.1 Å². The number of carbonyl (C=O) groups is 2. The molecule has 0 aliphatic carbocycles. The van der Waals surface area contributed by atoms with Crippen LogP contribution in [0.3, 0.4) is 0 Å². The second-order valence-electron chi connectivity index (χ2n) is 6.05. The first-order valence-electron chi connectivity index (χ1n) is 8.89. The van der Waals surface area contributed by atoms with Gasteiger partial charge in [0.2, 0.25) is 5.01 Å². The fourth-order valence-corrected chi connectivity index (χ4v) is 3.44. The molecule has 2 heterocycles. The van der Waals surface area contributed by atoms with Gasteiger partial charge < -0.3 is 14.0 Å². The fourth-order valence-electron chi connectivity index (χ4n) is 2.75. The summed E-state index contributed by atoms with van der Waals surface area (Å²) < 4.78 is 15.7. The molecule has 146 valence electrons. The number of nitrogens with zero attached hydrogens (tertiary/aromatic N) is 2. The van der Waals surface area contributed by atoms with Gasteiger partial charge in [0.1, 0.15) is 12.1 Å². The monoisotopic (exact) mass is 408 g/mol. The molecule has 4 rings (SSSR count). The Morgan fingerprint density at radius 3 is 2.69 bits per heavy atom. The van der Waals surface area contributed by atoms with Crippen molar-refractivity contribution in [2.24, 2.45) is 0 Å². The molecule has 8 heteroatoms. The van der Waals surface area contributed by atoms with Gasteiger partial charge in [-0.1, -0.05) is 35.5 Å². The van der Waals surface area contributed by atoms with Crippen LogP contribution in [0.1, 0.15) is 32.8 Å². The molecular formula is C21H16N2O5S. The van der Waals surface area contributed by atoms with Gasteiger partial charge in [0, 0.05) is 10.9 Å². The predicted molar refractivity (Wildman–Crippen MR) is 107 cm³/mol. The van der Waals surface area contributed by atoms with Gasteiger partial charge in [-0.2, -0.15) is 0 Å². The maximum atomic E-state index is 12.5. The van der Waals surface area contributed by atoms with Crippen molar-refractivity contribution in [3.05, 3.63) is 70.2 Å². The molecule has 0 unspecified atom stereocenters. The maximum absolute atomic E-state index is 12.5. The number of fused-ring (bicyclic) bond motifs is 1. The van der Waals surface area contributed by atoms with Gasteiger partial charge >= 0.3 is 11.9 Å². The third kappa shape index (κ3) is 4.02. The number of ether oxygens (including phenoxy) is 2. The van der Waals surface area contributed by atoms with Gasteiger partial charge in [-0.15, -0.1) is 11.3 Å². The van der Waals surface area contributed by atoms with E-state index in [4.69, 9.17) is 14.0 Å². The molecule has 0 saturated carbocycles. The normalized spacial score (nSPS) is 10.8. The largest absolute Gasteiger partial charge is 0.461 e. The Labute approximate surface area is 169 Å². The summed E-state index contributed by atoms with van der Waals surface area (Å²) in [7, 11) is 0. The fraction of sp³-hybridized carbons (Fsp3) is 0.143. The van der Waals surface area contributed by atoms with Crippen molar-refractivity contribution in [2.45, 2.75) is 13.5 Å². The topological polar surface area (TPSA) is 91.5 Å². The van der Waals surface area contributed by atoms with E-state index in [2.05, 4.69) is 10.1 Å². The number of aromatic nitrogens is 2. The zero-order chi connectivity index (χ0) is 20.2. The van der Waals surface area contributed by atoms with Crippen molar-refractivity contribution in [3.8, 4) is 11.3 Å². The summed E-state index contributed by atoms with van der Waals surface area (Å²) in [5.41, 5.74) is 2.38. The average Bonchev–Trinajstić information content (AvgIpc) is 3.39. The minimum absolute atomic E-state index is 0.0397. The van der Waals surface area contributed by atoms with Crippen molar-refractivity contribution in [2.75, 3.05) is 6.61 Å². The molecule has 0 aliphatic heterocycles. The Bertz CT molecular complexity index is 1170. The molecule has 0 bridgehead atoms.